The van der Waals surface area contributed by atoms with Gasteiger partial charge in [-0.05, 0) is 77.0 Å². The molecule has 17 atom stereocenters. The van der Waals surface area contributed by atoms with E-state index < -0.39 is 159 Å². The number of ether oxygens (including phenoxy) is 11. The molecule has 0 saturated carbocycles. The Labute approximate surface area is 824 Å². The molecule has 37 heteroatoms. The monoisotopic (exact) mass is 1980 g/mol. The van der Waals surface area contributed by atoms with Gasteiger partial charge in [-0.1, -0.05) is 232 Å². The highest BCUT2D eigenvalue weighted by atomic mass is 16.7. The molecule has 0 aromatic heterocycles. The quantitative estimate of drug-likeness (QED) is 0.0200. The molecule has 3 fully saturated rings. The summed E-state index contributed by atoms with van der Waals surface area (Å²) in [7, 11) is 0. The molecule has 138 heavy (non-hydrogen) atoms. The van der Waals surface area contributed by atoms with Crippen molar-refractivity contribution in [2.75, 3.05) is 125 Å². The van der Waals surface area contributed by atoms with Gasteiger partial charge in [0.2, 0.25) is 47.3 Å². The van der Waals surface area contributed by atoms with E-state index in [0.717, 1.165) is 32.1 Å². The molecule has 3 aliphatic heterocycles. The lowest BCUT2D eigenvalue weighted by Gasteiger charge is -2.42. The smallest absolute Gasteiger partial charge is 0.308 e. The summed E-state index contributed by atoms with van der Waals surface area (Å²) in [6.45, 7) is 8.43. The molecular formula is C101H188N8O29. The fourth-order valence-electron chi connectivity index (χ4n) is 17.1. The first kappa shape index (κ1) is 127. The number of carbonyl (C=O) groups excluding carboxylic acids is 9. The van der Waals surface area contributed by atoms with Crippen LogP contribution in [0.1, 0.15) is 362 Å². The fraction of sp³-hybridized carbons (Fsp3) is 0.911. The summed E-state index contributed by atoms with van der Waals surface area (Å²) < 4.78 is 64.1. The number of rotatable bonds is 90. The van der Waals surface area contributed by atoms with Crippen molar-refractivity contribution in [1.29, 1.82) is 0 Å². The van der Waals surface area contributed by atoms with Crippen LogP contribution in [-0.2, 0) is 95.3 Å². The Balaban J connectivity index is 1.63. The number of amides is 8. The first-order chi connectivity index (χ1) is 66.9. The number of esters is 1. The minimum Gasteiger partial charge on any atom is -0.463 e. The topological polar surface area (TPSA) is 525 Å². The van der Waals surface area contributed by atoms with Gasteiger partial charge < -0.3 is 140 Å². The lowest BCUT2D eigenvalue weighted by molar-refractivity contribution is -0.270. The van der Waals surface area contributed by atoms with Crippen LogP contribution in [0.15, 0.2) is 0 Å². The van der Waals surface area contributed by atoms with Crippen molar-refractivity contribution in [3.05, 3.63) is 0 Å². The predicted molar refractivity (Wildman–Crippen MR) is 521 cm³/mol. The van der Waals surface area contributed by atoms with E-state index >= 15 is 0 Å². The van der Waals surface area contributed by atoms with Gasteiger partial charge in [-0.2, -0.15) is 0 Å². The summed E-state index contributed by atoms with van der Waals surface area (Å²) in [6.07, 6.45) is 33.2. The van der Waals surface area contributed by atoms with Crippen LogP contribution in [0, 0.1) is 0 Å². The van der Waals surface area contributed by atoms with Crippen LogP contribution in [0.4, 0.5) is 0 Å². The highest BCUT2D eigenvalue weighted by Crippen LogP contribution is 2.28. The van der Waals surface area contributed by atoms with Crippen molar-refractivity contribution in [3.63, 3.8) is 0 Å². The number of unbranched alkanes of at least 4 members (excludes halogenated alkanes) is 38. The van der Waals surface area contributed by atoms with Crippen LogP contribution in [-0.4, -0.2) is 333 Å². The van der Waals surface area contributed by atoms with E-state index in [1.54, 1.807) is 0 Å². The van der Waals surface area contributed by atoms with E-state index in [-0.39, 0.29) is 148 Å². The third-order valence-electron chi connectivity index (χ3n) is 25.3. The minimum atomic E-state index is -1.51. The Morgan fingerprint density at radius 3 is 1.01 bits per heavy atom. The lowest BCUT2D eigenvalue weighted by Crippen LogP contribution is -2.64. The standard InChI is InChI=1S/C101H188N8O29/c1-6-8-10-12-14-16-18-20-22-24-26-28-30-32-34-36-38-45-62-130-74-79(131-63-46-39-37-35-33-31-29-27-25-23-21-19-17-15-13-11-9-7-2)75-135-88(120)56-68-129-70-69-128-67-55-87(119)108-80(51-40-44-57-102-84(116)52-41-47-64-132-99-89(105-76(3)113)95(124)92(121)81(71-110)136-99)98(127)109(61-59-104-86(118)54-43-49-66-134-101-91(107-78(5)115)97(126)94(123)83(73-112)138-101)60-50-58-103-85(117)53-42-48-65-133-100-90(106-77(4)114)96(125)93(122)82(72-111)137-100/h79-83,89-97,99-101,110-112,121-126H,6-75H2,1-5H3,(H,102,116)(H,103,117)(H,104,118)(H,105,113)(H,106,114)(H,107,115)(H,108,119). The Bertz CT molecular complexity index is 3090. The van der Waals surface area contributed by atoms with Crippen molar-refractivity contribution in [1.82, 2.24) is 42.1 Å². The third-order valence-corrected chi connectivity index (χ3v) is 25.3. The SMILES string of the molecule is CCCCCCCCCCCCCCCCCCCCOCC(COC(=O)CCOCCOCCC(=O)NC(CCCCNC(=O)CCCCOC1OC(CO)C(O)C(O)C1NC(C)=O)C(=O)N(CCCNC(=O)CCCCOC1OC(CO)C(O)C(O)C1NC(C)=O)CCNC(=O)CCCCOC1OC(CO)C(O)C(O)C1NC(C)=O)OCCCCCCCCCCCCCCCCCCCC. The van der Waals surface area contributed by atoms with E-state index in [1.807, 2.05) is 0 Å². The van der Waals surface area contributed by atoms with Crippen molar-refractivity contribution >= 4 is 53.2 Å². The van der Waals surface area contributed by atoms with Gasteiger partial charge in [-0.3, -0.25) is 43.2 Å². The average Bonchev–Trinajstić information content (AvgIpc) is 0.816. The van der Waals surface area contributed by atoms with Gasteiger partial charge in [0.1, 0.15) is 91.8 Å². The minimum absolute atomic E-state index is 0.00407. The highest BCUT2D eigenvalue weighted by Gasteiger charge is 2.48. The zero-order valence-electron chi connectivity index (χ0n) is 84.9. The second-order valence-corrected chi connectivity index (χ2v) is 37.6. The van der Waals surface area contributed by atoms with E-state index in [1.165, 1.54) is 225 Å². The van der Waals surface area contributed by atoms with Gasteiger partial charge in [0.05, 0.1) is 59.3 Å². The van der Waals surface area contributed by atoms with Gasteiger partial charge in [0, 0.05) is 112 Å². The van der Waals surface area contributed by atoms with Crippen molar-refractivity contribution in [3.8, 4) is 0 Å². The van der Waals surface area contributed by atoms with Gasteiger partial charge in [-0.25, -0.2) is 0 Å². The van der Waals surface area contributed by atoms with Gasteiger partial charge in [0.15, 0.2) is 18.9 Å². The van der Waals surface area contributed by atoms with E-state index in [2.05, 4.69) is 51.1 Å². The summed E-state index contributed by atoms with van der Waals surface area (Å²) in [6, 6.07) is -4.54. The normalized spacial score (nSPS) is 21.9. The zero-order valence-corrected chi connectivity index (χ0v) is 84.9. The summed E-state index contributed by atoms with van der Waals surface area (Å²) in [4.78, 5) is 119. The molecule has 806 valence electrons. The number of aliphatic hydroxyl groups excluding tert-OH is 9. The maximum absolute atomic E-state index is 15.0. The van der Waals surface area contributed by atoms with Crippen LogP contribution in [0.2, 0.25) is 0 Å². The molecule has 16 N–H and O–H groups in total. The molecular weight excluding hydrogens is 1790 g/mol. The lowest BCUT2D eigenvalue weighted by atomic mass is 9.97. The van der Waals surface area contributed by atoms with Crippen LogP contribution in [0.5, 0.6) is 0 Å². The predicted octanol–water partition coefficient (Wildman–Crippen LogP) is 8.44. The third kappa shape index (κ3) is 61.6. The number of aliphatic hydroxyl groups is 9. The second-order valence-electron chi connectivity index (χ2n) is 37.6. The molecule has 3 saturated heterocycles. The summed E-state index contributed by atoms with van der Waals surface area (Å²) in [5.41, 5.74) is 0. The van der Waals surface area contributed by atoms with Gasteiger partial charge in [-0.15, -0.1) is 0 Å². The van der Waals surface area contributed by atoms with E-state index in [9.17, 15) is 89.1 Å². The molecule has 0 aromatic carbocycles. The van der Waals surface area contributed by atoms with Crippen molar-refractivity contribution in [2.24, 2.45) is 0 Å². The molecule has 0 aromatic rings. The second kappa shape index (κ2) is 83.7. The summed E-state index contributed by atoms with van der Waals surface area (Å²) >= 11 is 0. The Kier molecular flexibility index (Phi) is 76.8. The molecule has 37 nitrogen and oxygen atoms in total. The maximum Gasteiger partial charge on any atom is 0.308 e. The van der Waals surface area contributed by atoms with E-state index in [4.69, 9.17) is 52.1 Å². The van der Waals surface area contributed by atoms with Crippen LogP contribution in [0.25, 0.3) is 0 Å². The van der Waals surface area contributed by atoms with Crippen molar-refractivity contribution < 1.29 is 141 Å². The molecule has 3 heterocycles. The molecule has 8 amide bonds. The largest absolute Gasteiger partial charge is 0.463 e. The van der Waals surface area contributed by atoms with Crippen LogP contribution >= 0.6 is 0 Å². The highest BCUT2D eigenvalue weighted by molar-refractivity contribution is 5.88. The number of carbonyl (C=O) groups is 9. The molecule has 17 unspecified atom stereocenters. The van der Waals surface area contributed by atoms with Crippen molar-refractivity contribution in [2.45, 2.75) is 466 Å². The van der Waals surface area contributed by atoms with Gasteiger partial charge >= 0.3 is 5.97 Å². The Hall–Kier alpha value is -5.53. The Morgan fingerprint density at radius 1 is 0.319 bits per heavy atom. The first-order valence-electron chi connectivity index (χ1n) is 53.3. The average molecular weight is 1980 g/mol. The van der Waals surface area contributed by atoms with Crippen LogP contribution in [0.3, 0.4) is 0 Å². The summed E-state index contributed by atoms with van der Waals surface area (Å²) in [5.74, 6) is -3.98. The van der Waals surface area contributed by atoms with Gasteiger partial charge in [0.25, 0.3) is 0 Å². The summed E-state index contributed by atoms with van der Waals surface area (Å²) in [5, 5.41) is 111. The number of hydrogen-bond donors (Lipinski definition) is 16. The Morgan fingerprint density at radius 2 is 0.652 bits per heavy atom. The fourth-order valence-corrected chi connectivity index (χ4v) is 17.1. The first-order valence-corrected chi connectivity index (χ1v) is 53.3. The molecule has 0 spiro atoms. The van der Waals surface area contributed by atoms with E-state index in [0.29, 0.717) is 71.2 Å². The molecule has 0 bridgehead atoms. The molecule has 0 radical (unpaired) electrons. The van der Waals surface area contributed by atoms with Crippen LogP contribution < -0.4 is 37.2 Å². The number of nitrogens with one attached hydrogen (secondary N) is 7. The molecule has 0 aliphatic carbocycles. The zero-order chi connectivity index (χ0) is 101. The number of nitrogens with zero attached hydrogens (tertiary/aromatic N) is 1. The number of hydrogen-bond acceptors (Lipinski definition) is 29. The molecule has 3 aliphatic rings. The molecule has 3 rings (SSSR count). The maximum atomic E-state index is 15.0.